The SMILES string of the molecule is COc1ccnc(OC)c1/C=C/C(C)=O. The van der Waals surface area contributed by atoms with Gasteiger partial charge in [-0.25, -0.2) is 4.98 Å². The van der Waals surface area contributed by atoms with Crippen LogP contribution in [0.4, 0.5) is 0 Å². The Morgan fingerprint density at radius 1 is 1.40 bits per heavy atom. The van der Waals surface area contributed by atoms with Crippen molar-refractivity contribution in [3.05, 3.63) is 23.9 Å². The molecular formula is C11H13NO3. The number of pyridine rings is 1. The molecule has 0 aliphatic carbocycles. The van der Waals surface area contributed by atoms with Gasteiger partial charge >= 0.3 is 0 Å². The van der Waals surface area contributed by atoms with Crippen LogP contribution in [-0.4, -0.2) is 25.0 Å². The van der Waals surface area contributed by atoms with Crippen molar-refractivity contribution in [2.45, 2.75) is 6.92 Å². The maximum absolute atomic E-state index is 10.8. The molecule has 0 saturated carbocycles. The van der Waals surface area contributed by atoms with Gasteiger partial charge in [-0.15, -0.1) is 0 Å². The van der Waals surface area contributed by atoms with Crippen molar-refractivity contribution in [3.63, 3.8) is 0 Å². The highest BCUT2D eigenvalue weighted by molar-refractivity contribution is 5.92. The van der Waals surface area contributed by atoms with E-state index >= 15 is 0 Å². The van der Waals surface area contributed by atoms with Crippen LogP contribution in [-0.2, 0) is 4.79 Å². The zero-order chi connectivity index (χ0) is 11.3. The Kier molecular flexibility index (Phi) is 3.85. The molecule has 0 fully saturated rings. The van der Waals surface area contributed by atoms with E-state index in [4.69, 9.17) is 9.47 Å². The van der Waals surface area contributed by atoms with Crippen molar-refractivity contribution in [1.82, 2.24) is 4.98 Å². The standard InChI is InChI=1S/C11H13NO3/c1-8(13)4-5-9-10(14-2)6-7-12-11(9)15-3/h4-7H,1-3H3/b5-4+. The number of allylic oxidation sites excluding steroid dienone is 1. The van der Waals surface area contributed by atoms with Crippen molar-refractivity contribution < 1.29 is 14.3 Å². The van der Waals surface area contributed by atoms with Crippen LogP contribution >= 0.6 is 0 Å². The fourth-order valence-electron chi connectivity index (χ4n) is 1.13. The van der Waals surface area contributed by atoms with E-state index in [0.717, 1.165) is 0 Å². The number of hydrogen-bond acceptors (Lipinski definition) is 4. The molecule has 0 saturated heterocycles. The maximum atomic E-state index is 10.8. The Labute approximate surface area is 88.5 Å². The van der Waals surface area contributed by atoms with Gasteiger partial charge in [-0.1, -0.05) is 0 Å². The highest BCUT2D eigenvalue weighted by atomic mass is 16.5. The predicted octanol–water partition coefficient (Wildman–Crippen LogP) is 1.70. The van der Waals surface area contributed by atoms with Gasteiger partial charge in [0.25, 0.3) is 0 Å². The number of hydrogen-bond donors (Lipinski definition) is 0. The van der Waals surface area contributed by atoms with E-state index in [9.17, 15) is 4.79 Å². The van der Waals surface area contributed by atoms with Crippen LogP contribution in [0.25, 0.3) is 6.08 Å². The maximum Gasteiger partial charge on any atom is 0.224 e. The molecule has 0 amide bonds. The number of nitrogens with zero attached hydrogens (tertiary/aromatic N) is 1. The van der Waals surface area contributed by atoms with Gasteiger partial charge in [0.2, 0.25) is 5.88 Å². The molecule has 1 rings (SSSR count). The number of ether oxygens (including phenoxy) is 2. The van der Waals surface area contributed by atoms with Crippen LogP contribution in [0.2, 0.25) is 0 Å². The highest BCUT2D eigenvalue weighted by Crippen LogP contribution is 2.26. The average molecular weight is 207 g/mol. The summed E-state index contributed by atoms with van der Waals surface area (Å²) in [5, 5.41) is 0. The second-order valence-electron chi connectivity index (χ2n) is 2.88. The molecule has 0 unspecified atom stereocenters. The fraction of sp³-hybridized carbons (Fsp3) is 0.273. The molecule has 0 aliphatic heterocycles. The molecule has 1 heterocycles. The van der Waals surface area contributed by atoms with Crippen molar-refractivity contribution in [1.29, 1.82) is 0 Å². The minimum atomic E-state index is -0.0389. The molecule has 4 nitrogen and oxygen atoms in total. The Bertz CT molecular complexity index is 363. The van der Waals surface area contributed by atoms with Crippen LogP contribution in [0.1, 0.15) is 12.5 Å². The van der Waals surface area contributed by atoms with Gasteiger partial charge in [-0.2, -0.15) is 0 Å². The number of carbonyl (C=O) groups is 1. The Morgan fingerprint density at radius 3 is 2.67 bits per heavy atom. The topological polar surface area (TPSA) is 48.4 Å². The monoisotopic (exact) mass is 207 g/mol. The minimum absolute atomic E-state index is 0.0389. The number of ketones is 1. The lowest BCUT2D eigenvalue weighted by atomic mass is 10.2. The van der Waals surface area contributed by atoms with Crippen molar-refractivity contribution in [3.8, 4) is 11.6 Å². The third kappa shape index (κ3) is 2.80. The Balaban J connectivity index is 3.16. The lowest BCUT2D eigenvalue weighted by Gasteiger charge is -2.07. The number of rotatable bonds is 4. The summed E-state index contributed by atoms with van der Waals surface area (Å²) in [4.78, 5) is 14.8. The van der Waals surface area contributed by atoms with E-state index in [-0.39, 0.29) is 5.78 Å². The zero-order valence-corrected chi connectivity index (χ0v) is 8.98. The van der Waals surface area contributed by atoms with E-state index in [0.29, 0.717) is 17.2 Å². The number of carbonyl (C=O) groups excluding carboxylic acids is 1. The normalized spacial score (nSPS) is 10.3. The predicted molar refractivity (Wildman–Crippen MR) is 57.1 cm³/mol. The molecule has 0 spiro atoms. The van der Waals surface area contributed by atoms with Crippen LogP contribution in [0.5, 0.6) is 11.6 Å². The molecule has 4 heteroatoms. The van der Waals surface area contributed by atoms with Gasteiger partial charge in [0.05, 0.1) is 19.8 Å². The molecule has 0 aromatic carbocycles. The van der Waals surface area contributed by atoms with Gasteiger partial charge < -0.3 is 9.47 Å². The minimum Gasteiger partial charge on any atom is -0.496 e. The molecule has 0 atom stereocenters. The summed E-state index contributed by atoms with van der Waals surface area (Å²) in [6, 6.07) is 1.71. The van der Waals surface area contributed by atoms with Gasteiger partial charge in [0.1, 0.15) is 5.75 Å². The summed E-state index contributed by atoms with van der Waals surface area (Å²) in [6.07, 6.45) is 4.66. The van der Waals surface area contributed by atoms with E-state index in [1.54, 1.807) is 25.4 Å². The first-order chi connectivity index (χ1) is 7.19. The molecule has 15 heavy (non-hydrogen) atoms. The Hall–Kier alpha value is -1.84. The van der Waals surface area contributed by atoms with Crippen LogP contribution < -0.4 is 9.47 Å². The lowest BCUT2D eigenvalue weighted by molar-refractivity contribution is -0.112. The van der Waals surface area contributed by atoms with Crippen LogP contribution in [0.3, 0.4) is 0 Å². The van der Waals surface area contributed by atoms with E-state index in [2.05, 4.69) is 4.98 Å². The third-order valence-electron chi connectivity index (χ3n) is 1.81. The largest absolute Gasteiger partial charge is 0.496 e. The van der Waals surface area contributed by atoms with E-state index in [1.165, 1.54) is 20.1 Å². The molecule has 0 bridgehead atoms. The van der Waals surface area contributed by atoms with E-state index in [1.807, 2.05) is 0 Å². The summed E-state index contributed by atoms with van der Waals surface area (Å²) < 4.78 is 10.2. The highest BCUT2D eigenvalue weighted by Gasteiger charge is 2.07. The molecule has 0 aliphatic rings. The molecular weight excluding hydrogens is 194 g/mol. The van der Waals surface area contributed by atoms with Crippen molar-refractivity contribution in [2.75, 3.05) is 14.2 Å². The molecule has 0 radical (unpaired) electrons. The first-order valence-electron chi connectivity index (χ1n) is 4.44. The van der Waals surface area contributed by atoms with Crippen molar-refractivity contribution >= 4 is 11.9 Å². The van der Waals surface area contributed by atoms with Gasteiger partial charge in [-0.3, -0.25) is 4.79 Å². The molecule has 80 valence electrons. The molecule has 1 aromatic heterocycles. The summed E-state index contributed by atoms with van der Waals surface area (Å²) in [7, 11) is 3.08. The van der Waals surface area contributed by atoms with Crippen LogP contribution in [0.15, 0.2) is 18.3 Å². The first-order valence-corrected chi connectivity index (χ1v) is 4.44. The molecule has 1 aromatic rings. The Morgan fingerprint density at radius 2 is 2.13 bits per heavy atom. The second kappa shape index (κ2) is 5.14. The van der Waals surface area contributed by atoms with Gasteiger partial charge in [-0.05, 0) is 25.1 Å². The summed E-state index contributed by atoms with van der Waals surface area (Å²) in [5.41, 5.74) is 0.665. The van der Waals surface area contributed by atoms with Gasteiger partial charge in [0, 0.05) is 6.20 Å². The smallest absolute Gasteiger partial charge is 0.224 e. The quantitative estimate of drug-likeness (QED) is 0.705. The fourth-order valence-corrected chi connectivity index (χ4v) is 1.13. The third-order valence-corrected chi connectivity index (χ3v) is 1.81. The van der Waals surface area contributed by atoms with Gasteiger partial charge in [0.15, 0.2) is 5.78 Å². The number of methoxy groups -OCH3 is 2. The zero-order valence-electron chi connectivity index (χ0n) is 8.98. The van der Waals surface area contributed by atoms with Crippen LogP contribution in [0, 0.1) is 0 Å². The summed E-state index contributed by atoms with van der Waals surface area (Å²) in [6.45, 7) is 1.48. The first kappa shape index (κ1) is 11.2. The van der Waals surface area contributed by atoms with E-state index < -0.39 is 0 Å². The average Bonchev–Trinajstić information content (AvgIpc) is 2.25. The second-order valence-corrected chi connectivity index (χ2v) is 2.88. The lowest BCUT2D eigenvalue weighted by Crippen LogP contribution is -1.95. The molecule has 0 N–H and O–H groups in total. The van der Waals surface area contributed by atoms with Crippen molar-refractivity contribution in [2.24, 2.45) is 0 Å². The summed E-state index contributed by atoms with van der Waals surface area (Å²) in [5.74, 6) is 1.02. The summed E-state index contributed by atoms with van der Waals surface area (Å²) >= 11 is 0. The number of aromatic nitrogens is 1.